The molecule has 5 amide bonds. The summed E-state index contributed by atoms with van der Waals surface area (Å²) in [4.78, 5) is 103. The van der Waals surface area contributed by atoms with Gasteiger partial charge in [0, 0.05) is 13.0 Å². The summed E-state index contributed by atoms with van der Waals surface area (Å²) >= 11 is 0. The van der Waals surface area contributed by atoms with E-state index in [0.717, 1.165) is 0 Å². The Kier molecular flexibility index (Phi) is 18.8. The lowest BCUT2D eigenvalue weighted by Crippen LogP contribution is -2.57. The molecule has 0 aromatic carbocycles. The largest absolute Gasteiger partial charge is 0.466 e. The van der Waals surface area contributed by atoms with Crippen LogP contribution in [0.5, 0.6) is 0 Å². The summed E-state index contributed by atoms with van der Waals surface area (Å²) in [5.41, 5.74) is 0. The van der Waals surface area contributed by atoms with Crippen molar-refractivity contribution in [3.8, 4) is 0 Å². The molecule has 0 aliphatic carbocycles. The first-order valence-corrected chi connectivity index (χ1v) is 16.6. The van der Waals surface area contributed by atoms with Crippen molar-refractivity contribution >= 4 is 47.4 Å². The monoisotopic (exact) mass is 683 g/mol. The van der Waals surface area contributed by atoms with E-state index in [1.165, 1.54) is 4.90 Å². The lowest BCUT2D eigenvalue weighted by Gasteiger charge is -2.31. The highest BCUT2D eigenvalue weighted by Gasteiger charge is 2.40. The third-order valence-corrected chi connectivity index (χ3v) is 7.28. The average molecular weight is 684 g/mol. The van der Waals surface area contributed by atoms with Crippen molar-refractivity contribution < 1.29 is 52.6 Å². The Morgan fingerprint density at radius 2 is 1.48 bits per heavy atom. The second-order valence-corrected chi connectivity index (χ2v) is 12.2. The minimum absolute atomic E-state index is 0.0371. The molecule has 48 heavy (non-hydrogen) atoms. The second kappa shape index (κ2) is 21.6. The summed E-state index contributed by atoms with van der Waals surface area (Å²) in [6.07, 6.45) is 0.372. The zero-order valence-corrected chi connectivity index (χ0v) is 29.2. The van der Waals surface area contributed by atoms with Crippen LogP contribution in [0.25, 0.3) is 0 Å². The van der Waals surface area contributed by atoms with Gasteiger partial charge in [0.25, 0.3) is 5.91 Å². The lowest BCUT2D eigenvalue weighted by atomic mass is 10.0. The van der Waals surface area contributed by atoms with Crippen molar-refractivity contribution in [2.75, 3.05) is 32.9 Å². The van der Waals surface area contributed by atoms with Crippen molar-refractivity contribution in [1.82, 2.24) is 26.2 Å². The molecule has 0 radical (unpaired) electrons. The maximum atomic E-state index is 13.5. The molecule has 16 heteroatoms. The summed E-state index contributed by atoms with van der Waals surface area (Å²) in [6.45, 7) is 12.2. The first-order valence-electron chi connectivity index (χ1n) is 16.6. The van der Waals surface area contributed by atoms with E-state index in [1.54, 1.807) is 34.6 Å². The van der Waals surface area contributed by atoms with Gasteiger partial charge in [-0.1, -0.05) is 41.0 Å². The minimum atomic E-state index is -1.23. The second-order valence-electron chi connectivity index (χ2n) is 12.2. The topological polar surface area (TPSA) is 216 Å². The van der Waals surface area contributed by atoms with Gasteiger partial charge in [-0.15, -0.1) is 0 Å². The van der Waals surface area contributed by atoms with E-state index in [0.29, 0.717) is 19.3 Å². The fourth-order valence-electron chi connectivity index (χ4n) is 4.87. The van der Waals surface area contributed by atoms with Gasteiger partial charge in [0.05, 0.1) is 32.4 Å². The molecule has 0 aromatic rings. The number of hydrogen-bond donors (Lipinski definition) is 4. The van der Waals surface area contributed by atoms with Crippen molar-refractivity contribution in [2.24, 2.45) is 11.8 Å². The molecular formula is C32H53N5O11. The normalized spacial score (nSPS) is 15.9. The molecule has 0 aromatic heterocycles. The smallest absolute Gasteiger partial charge is 0.407 e. The third kappa shape index (κ3) is 14.3. The van der Waals surface area contributed by atoms with Crippen molar-refractivity contribution in [2.45, 2.75) is 111 Å². The lowest BCUT2D eigenvalue weighted by molar-refractivity contribution is -0.149. The molecule has 4 unspecified atom stereocenters. The van der Waals surface area contributed by atoms with Crippen LogP contribution in [0.4, 0.5) is 4.79 Å². The molecule has 0 spiro atoms. The molecule has 1 rings (SSSR count). The van der Waals surface area contributed by atoms with Gasteiger partial charge >= 0.3 is 18.0 Å². The maximum Gasteiger partial charge on any atom is 0.407 e. The fourth-order valence-corrected chi connectivity index (χ4v) is 4.87. The van der Waals surface area contributed by atoms with E-state index in [-0.39, 0.29) is 57.5 Å². The zero-order valence-electron chi connectivity index (χ0n) is 29.2. The number of nitrogens with zero attached hydrogens (tertiary/aromatic N) is 1. The summed E-state index contributed by atoms with van der Waals surface area (Å²) < 4.78 is 14.9. The van der Waals surface area contributed by atoms with Crippen LogP contribution in [0, 0.1) is 11.8 Å². The zero-order chi connectivity index (χ0) is 36.4. The van der Waals surface area contributed by atoms with Gasteiger partial charge in [-0.05, 0) is 51.4 Å². The average Bonchev–Trinajstić information content (AvgIpc) is 3.53. The number of rotatable bonds is 20. The molecule has 4 atom stereocenters. The number of likely N-dealkylation sites (tertiary alicyclic amines) is 1. The van der Waals surface area contributed by atoms with Crippen LogP contribution in [0.1, 0.15) is 87.0 Å². The SMILES string of the molecule is CCCC(NC(=O)C1CCCN1C(=O)C(NC(=O)OCC(C)C)C(C)C)C(=O)C(=O)NCC(=O)NC(CCC(=O)OCC)C(=O)OCC. The number of esters is 2. The van der Waals surface area contributed by atoms with E-state index >= 15 is 0 Å². The number of amides is 5. The molecule has 1 aliphatic heterocycles. The molecule has 0 bridgehead atoms. The molecule has 16 nitrogen and oxygen atoms in total. The Hall–Kier alpha value is -4.24. The maximum absolute atomic E-state index is 13.5. The van der Waals surface area contributed by atoms with E-state index < -0.39 is 78.2 Å². The van der Waals surface area contributed by atoms with Crippen molar-refractivity contribution in [3.05, 3.63) is 0 Å². The number of ketones is 1. The fraction of sp³-hybridized carbons (Fsp3) is 0.750. The van der Waals surface area contributed by atoms with Crippen LogP contribution in [0.15, 0.2) is 0 Å². The van der Waals surface area contributed by atoms with Crippen LogP contribution >= 0.6 is 0 Å². The van der Waals surface area contributed by atoms with Crippen molar-refractivity contribution in [3.63, 3.8) is 0 Å². The predicted molar refractivity (Wildman–Crippen MR) is 172 cm³/mol. The molecule has 1 aliphatic rings. The Balaban J connectivity index is 2.87. The highest BCUT2D eigenvalue weighted by Crippen LogP contribution is 2.21. The Morgan fingerprint density at radius 1 is 0.812 bits per heavy atom. The number of carbonyl (C=O) groups is 8. The predicted octanol–water partition coefficient (Wildman–Crippen LogP) is 0.746. The summed E-state index contributed by atoms with van der Waals surface area (Å²) in [7, 11) is 0. The molecule has 272 valence electrons. The number of alkyl carbamates (subject to hydrolysis) is 1. The van der Waals surface area contributed by atoms with Crippen LogP contribution in [0.2, 0.25) is 0 Å². The van der Waals surface area contributed by atoms with Gasteiger partial charge in [0.1, 0.15) is 18.1 Å². The highest BCUT2D eigenvalue weighted by atomic mass is 16.6. The van der Waals surface area contributed by atoms with Crippen molar-refractivity contribution in [1.29, 1.82) is 0 Å². The third-order valence-electron chi connectivity index (χ3n) is 7.28. The van der Waals surface area contributed by atoms with Gasteiger partial charge in [-0.3, -0.25) is 28.8 Å². The molecule has 1 fully saturated rings. The Bertz CT molecular complexity index is 1140. The van der Waals surface area contributed by atoms with Gasteiger partial charge in [-0.25, -0.2) is 9.59 Å². The molecular weight excluding hydrogens is 630 g/mol. The summed E-state index contributed by atoms with van der Waals surface area (Å²) in [5.74, 6) is -5.57. The van der Waals surface area contributed by atoms with Gasteiger partial charge in [0.2, 0.25) is 23.5 Å². The van der Waals surface area contributed by atoms with Crippen LogP contribution in [0.3, 0.4) is 0 Å². The number of nitrogens with one attached hydrogen (secondary N) is 4. The van der Waals surface area contributed by atoms with E-state index in [9.17, 15) is 38.4 Å². The molecule has 1 heterocycles. The first-order chi connectivity index (χ1) is 22.7. The number of carbonyl (C=O) groups excluding carboxylic acids is 8. The first kappa shape index (κ1) is 41.8. The number of hydrogen-bond acceptors (Lipinski definition) is 11. The molecule has 1 saturated heterocycles. The Labute approximate surface area is 282 Å². The number of ether oxygens (including phenoxy) is 3. The van der Waals surface area contributed by atoms with E-state index in [1.807, 2.05) is 13.8 Å². The summed E-state index contributed by atoms with van der Waals surface area (Å²) in [6, 6.07) is -4.29. The molecule has 0 saturated carbocycles. The van der Waals surface area contributed by atoms with Crippen LogP contribution in [-0.2, 0) is 47.8 Å². The van der Waals surface area contributed by atoms with E-state index in [4.69, 9.17) is 14.2 Å². The van der Waals surface area contributed by atoms with E-state index in [2.05, 4.69) is 21.3 Å². The van der Waals surface area contributed by atoms with Gasteiger partial charge in [-0.2, -0.15) is 0 Å². The molecule has 4 N–H and O–H groups in total. The van der Waals surface area contributed by atoms with Crippen LogP contribution in [-0.4, -0.2) is 109 Å². The summed E-state index contributed by atoms with van der Waals surface area (Å²) in [5, 5.41) is 9.78. The minimum Gasteiger partial charge on any atom is -0.466 e. The quantitative estimate of drug-likeness (QED) is 0.0798. The highest BCUT2D eigenvalue weighted by molar-refractivity contribution is 6.38. The standard InChI is InChI=1S/C32H53N5O11/c1-8-12-21(27(40)29(42)33-17-24(38)34-22(31(44)47-10-3)14-15-25(39)46-9-2)35-28(41)23-13-11-16-37(23)30(43)26(20(6)7)36-32(45)48-18-19(4)5/h19-23,26H,8-18H2,1-7H3,(H,33,42)(H,34,38)(H,35,41)(H,36,45). The van der Waals surface area contributed by atoms with Gasteiger partial charge in [0.15, 0.2) is 0 Å². The Morgan fingerprint density at radius 3 is 2.06 bits per heavy atom. The number of Topliss-reactive ketones (excluding diaryl/α,β-unsaturated/α-hetero) is 1. The van der Waals surface area contributed by atoms with Crippen LogP contribution < -0.4 is 21.3 Å². The van der Waals surface area contributed by atoms with Gasteiger partial charge < -0.3 is 40.4 Å².